The molecule has 138 valence electrons. The van der Waals surface area contributed by atoms with Gasteiger partial charge in [0.1, 0.15) is 5.69 Å². The molecule has 0 aliphatic heterocycles. The largest absolute Gasteiger partial charge is 0.380 e. The molecule has 3 rings (SSSR count). The van der Waals surface area contributed by atoms with Crippen molar-refractivity contribution in [2.45, 2.75) is 26.5 Å². The Morgan fingerprint density at radius 1 is 1.19 bits per heavy atom. The number of nitrogens with one attached hydrogen (secondary N) is 1. The van der Waals surface area contributed by atoms with Crippen molar-refractivity contribution in [2.75, 3.05) is 19.0 Å². The standard InChI is InChI=1S/C22H24N4O/c1-17-14-19(8-7-13-23-20-9-5-4-6-10-20)11-12-21(17)22-16-26(25-24-22)15-18(2)27-3/h4-6,9-12,14,16,18,23H,13,15H2,1-3H3. The molecule has 0 aliphatic carbocycles. The van der Waals surface area contributed by atoms with Crippen molar-refractivity contribution in [3.63, 3.8) is 0 Å². The van der Waals surface area contributed by atoms with Gasteiger partial charge in [-0.3, -0.25) is 0 Å². The molecule has 0 fully saturated rings. The molecule has 0 spiro atoms. The van der Waals surface area contributed by atoms with Crippen LogP contribution in [0.15, 0.2) is 54.7 Å². The molecule has 0 saturated carbocycles. The van der Waals surface area contributed by atoms with Crippen molar-refractivity contribution >= 4 is 5.69 Å². The van der Waals surface area contributed by atoms with E-state index < -0.39 is 0 Å². The second-order valence-electron chi connectivity index (χ2n) is 6.42. The maximum Gasteiger partial charge on any atom is 0.113 e. The fraction of sp³-hybridized carbons (Fsp3) is 0.273. The second kappa shape index (κ2) is 9.02. The summed E-state index contributed by atoms with van der Waals surface area (Å²) in [6.45, 7) is 5.36. The summed E-state index contributed by atoms with van der Waals surface area (Å²) in [5, 5.41) is 11.8. The van der Waals surface area contributed by atoms with Gasteiger partial charge in [0.15, 0.2) is 0 Å². The van der Waals surface area contributed by atoms with Crippen LogP contribution >= 0.6 is 0 Å². The van der Waals surface area contributed by atoms with E-state index in [4.69, 9.17) is 4.74 Å². The molecule has 1 unspecified atom stereocenters. The van der Waals surface area contributed by atoms with E-state index in [1.165, 1.54) is 0 Å². The molecule has 5 nitrogen and oxygen atoms in total. The topological polar surface area (TPSA) is 52.0 Å². The first-order chi connectivity index (χ1) is 13.2. The smallest absolute Gasteiger partial charge is 0.113 e. The number of rotatable bonds is 6. The van der Waals surface area contributed by atoms with Crippen molar-refractivity contribution in [1.82, 2.24) is 15.0 Å². The van der Waals surface area contributed by atoms with Crippen molar-refractivity contribution in [3.8, 4) is 23.1 Å². The van der Waals surface area contributed by atoms with E-state index in [0.29, 0.717) is 13.1 Å². The van der Waals surface area contributed by atoms with E-state index in [2.05, 4.69) is 46.5 Å². The van der Waals surface area contributed by atoms with Crippen molar-refractivity contribution in [3.05, 3.63) is 65.9 Å². The van der Waals surface area contributed by atoms with Crippen LogP contribution in [0.5, 0.6) is 0 Å². The number of aromatic nitrogens is 3. The van der Waals surface area contributed by atoms with E-state index in [-0.39, 0.29) is 6.10 Å². The van der Waals surface area contributed by atoms with E-state index in [0.717, 1.165) is 28.1 Å². The number of para-hydroxylation sites is 1. The molecule has 0 aliphatic rings. The second-order valence-corrected chi connectivity index (χ2v) is 6.42. The minimum atomic E-state index is 0.0998. The van der Waals surface area contributed by atoms with Gasteiger partial charge in [0, 0.05) is 23.9 Å². The van der Waals surface area contributed by atoms with Crippen LogP contribution in [-0.4, -0.2) is 34.8 Å². The van der Waals surface area contributed by atoms with Gasteiger partial charge in [-0.15, -0.1) is 5.10 Å². The molecule has 0 bridgehead atoms. The number of hydrogen-bond donors (Lipinski definition) is 1. The summed E-state index contributed by atoms with van der Waals surface area (Å²) in [7, 11) is 1.70. The summed E-state index contributed by atoms with van der Waals surface area (Å²) in [4.78, 5) is 0. The molecule has 0 radical (unpaired) electrons. The molecule has 0 saturated heterocycles. The first kappa shape index (κ1) is 18.7. The average Bonchev–Trinajstić information content (AvgIpc) is 3.14. The van der Waals surface area contributed by atoms with Crippen molar-refractivity contribution in [2.24, 2.45) is 0 Å². The lowest BCUT2D eigenvalue weighted by Gasteiger charge is -2.07. The van der Waals surface area contributed by atoms with Crippen molar-refractivity contribution < 1.29 is 4.74 Å². The van der Waals surface area contributed by atoms with Crippen LogP contribution in [0.25, 0.3) is 11.3 Å². The number of methoxy groups -OCH3 is 1. The lowest BCUT2D eigenvalue weighted by molar-refractivity contribution is 0.0993. The van der Waals surface area contributed by atoms with Crippen LogP contribution < -0.4 is 5.32 Å². The highest BCUT2D eigenvalue weighted by atomic mass is 16.5. The minimum Gasteiger partial charge on any atom is -0.380 e. The van der Waals surface area contributed by atoms with Crippen molar-refractivity contribution in [1.29, 1.82) is 0 Å². The number of benzene rings is 2. The highest BCUT2D eigenvalue weighted by molar-refractivity contribution is 5.64. The SMILES string of the molecule is COC(C)Cn1cc(-c2ccc(C#CCNc3ccccc3)cc2C)nn1. The molecule has 2 aromatic carbocycles. The zero-order valence-electron chi connectivity index (χ0n) is 15.9. The van der Waals surface area contributed by atoms with Crippen LogP contribution in [0.4, 0.5) is 5.69 Å². The van der Waals surface area contributed by atoms with E-state index >= 15 is 0 Å². The van der Waals surface area contributed by atoms with Crippen LogP contribution in [0.3, 0.4) is 0 Å². The quantitative estimate of drug-likeness (QED) is 0.680. The van der Waals surface area contributed by atoms with Gasteiger partial charge in [0.25, 0.3) is 0 Å². The molecule has 1 atom stereocenters. The van der Waals surface area contributed by atoms with Gasteiger partial charge >= 0.3 is 0 Å². The minimum absolute atomic E-state index is 0.0998. The molecule has 27 heavy (non-hydrogen) atoms. The zero-order valence-corrected chi connectivity index (χ0v) is 15.9. The third kappa shape index (κ3) is 5.19. The molecule has 1 heterocycles. The lowest BCUT2D eigenvalue weighted by Crippen LogP contribution is -2.14. The normalized spacial score (nSPS) is 11.5. The fourth-order valence-electron chi connectivity index (χ4n) is 2.73. The maximum absolute atomic E-state index is 5.27. The number of hydrogen-bond acceptors (Lipinski definition) is 4. The number of anilines is 1. The molecular formula is C22H24N4O. The third-order valence-electron chi connectivity index (χ3n) is 4.27. The number of nitrogens with zero attached hydrogens (tertiary/aromatic N) is 3. The predicted molar refractivity (Wildman–Crippen MR) is 108 cm³/mol. The van der Waals surface area contributed by atoms with Crippen LogP contribution in [0, 0.1) is 18.8 Å². The Hall–Kier alpha value is -3.10. The highest BCUT2D eigenvalue weighted by Crippen LogP contribution is 2.22. The number of aryl methyl sites for hydroxylation is 1. The molecule has 0 amide bonds. The van der Waals surface area contributed by atoms with Gasteiger partial charge in [0.2, 0.25) is 0 Å². The van der Waals surface area contributed by atoms with Crippen LogP contribution in [0.1, 0.15) is 18.1 Å². The van der Waals surface area contributed by atoms with Gasteiger partial charge in [-0.25, -0.2) is 4.68 Å². The summed E-state index contributed by atoms with van der Waals surface area (Å²) >= 11 is 0. The van der Waals surface area contributed by atoms with Gasteiger partial charge < -0.3 is 10.1 Å². The molecule has 1 N–H and O–H groups in total. The van der Waals surface area contributed by atoms with E-state index in [1.54, 1.807) is 7.11 Å². The molecular weight excluding hydrogens is 336 g/mol. The highest BCUT2D eigenvalue weighted by Gasteiger charge is 2.09. The Bertz CT molecular complexity index is 938. The molecule has 3 aromatic rings. The Morgan fingerprint density at radius 3 is 2.74 bits per heavy atom. The third-order valence-corrected chi connectivity index (χ3v) is 4.27. The van der Waals surface area contributed by atoms with Gasteiger partial charge in [-0.2, -0.15) is 0 Å². The summed E-state index contributed by atoms with van der Waals surface area (Å²) in [6, 6.07) is 16.2. The van der Waals surface area contributed by atoms with Crippen LogP contribution in [0.2, 0.25) is 0 Å². The Labute approximate surface area is 160 Å². The van der Waals surface area contributed by atoms with Gasteiger partial charge in [-0.05, 0) is 43.7 Å². The monoisotopic (exact) mass is 360 g/mol. The Balaban J connectivity index is 1.65. The first-order valence-electron chi connectivity index (χ1n) is 8.97. The average molecular weight is 360 g/mol. The fourth-order valence-corrected chi connectivity index (χ4v) is 2.73. The van der Waals surface area contributed by atoms with Gasteiger partial charge in [0.05, 0.1) is 25.4 Å². The first-order valence-corrected chi connectivity index (χ1v) is 8.97. The Kier molecular flexibility index (Phi) is 6.24. The van der Waals surface area contributed by atoms with Crippen LogP contribution in [-0.2, 0) is 11.3 Å². The Morgan fingerprint density at radius 2 is 2.00 bits per heavy atom. The zero-order chi connectivity index (χ0) is 19.1. The summed E-state index contributed by atoms with van der Waals surface area (Å²) in [5.74, 6) is 6.36. The van der Waals surface area contributed by atoms with E-state index in [9.17, 15) is 0 Å². The maximum atomic E-state index is 5.27. The summed E-state index contributed by atoms with van der Waals surface area (Å²) in [6.07, 6.45) is 2.05. The van der Waals surface area contributed by atoms with Gasteiger partial charge in [-0.1, -0.05) is 41.3 Å². The molecule has 5 heteroatoms. The van der Waals surface area contributed by atoms with E-state index in [1.807, 2.05) is 54.2 Å². The predicted octanol–water partition coefficient (Wildman–Crippen LogP) is 3.75. The molecule has 1 aromatic heterocycles. The number of ether oxygens (including phenoxy) is 1. The lowest BCUT2D eigenvalue weighted by atomic mass is 10.0. The summed E-state index contributed by atoms with van der Waals surface area (Å²) < 4.78 is 7.09. The summed E-state index contributed by atoms with van der Waals surface area (Å²) in [5.41, 5.74) is 5.13.